The van der Waals surface area contributed by atoms with Crippen LogP contribution >= 0.6 is 0 Å². The zero-order chi connectivity index (χ0) is 14.4. The molecule has 0 aliphatic carbocycles. The lowest BCUT2D eigenvalue weighted by atomic mass is 10.2. The van der Waals surface area contributed by atoms with Crippen LogP contribution in [0.2, 0.25) is 0 Å². The number of halogens is 1. The van der Waals surface area contributed by atoms with E-state index in [4.69, 9.17) is 9.47 Å². The van der Waals surface area contributed by atoms with E-state index in [9.17, 15) is 19.3 Å². The van der Waals surface area contributed by atoms with Crippen LogP contribution in [0.5, 0.6) is 5.75 Å². The molecule has 0 saturated heterocycles. The van der Waals surface area contributed by atoms with Gasteiger partial charge in [0.25, 0.3) is 0 Å². The minimum Gasteiger partial charge on any atom is -0.471 e. The van der Waals surface area contributed by atoms with Crippen LogP contribution in [0.1, 0.15) is 20.3 Å². The van der Waals surface area contributed by atoms with Crippen LogP contribution in [-0.2, 0) is 9.53 Å². The molecule has 19 heavy (non-hydrogen) atoms. The Kier molecular flexibility index (Phi) is 5.23. The maximum atomic E-state index is 13.1. The molecule has 1 aromatic carbocycles. The van der Waals surface area contributed by atoms with Crippen molar-refractivity contribution in [1.29, 1.82) is 0 Å². The molecular formula is C12H14FNO5. The second-order valence-electron chi connectivity index (χ2n) is 3.64. The number of benzene rings is 1. The third-order valence-corrected chi connectivity index (χ3v) is 2.31. The van der Waals surface area contributed by atoms with E-state index in [2.05, 4.69) is 0 Å². The van der Waals surface area contributed by atoms with Gasteiger partial charge >= 0.3 is 11.7 Å². The van der Waals surface area contributed by atoms with E-state index in [1.807, 2.05) is 0 Å². The lowest BCUT2D eigenvalue weighted by molar-refractivity contribution is -0.386. The lowest BCUT2D eigenvalue weighted by Gasteiger charge is -2.15. The third kappa shape index (κ3) is 3.90. The van der Waals surface area contributed by atoms with Gasteiger partial charge in [0.05, 0.1) is 11.5 Å². The Bertz CT molecular complexity index is 477. The highest BCUT2D eigenvalue weighted by Gasteiger charge is 2.24. The molecule has 0 bridgehead atoms. The van der Waals surface area contributed by atoms with Crippen molar-refractivity contribution in [2.24, 2.45) is 0 Å². The highest BCUT2D eigenvalue weighted by atomic mass is 19.1. The van der Waals surface area contributed by atoms with Gasteiger partial charge in [0.2, 0.25) is 5.75 Å². The summed E-state index contributed by atoms with van der Waals surface area (Å²) in [5.74, 6) is -1.60. The average Bonchev–Trinajstić information content (AvgIpc) is 2.35. The van der Waals surface area contributed by atoms with E-state index in [1.165, 1.54) is 0 Å². The lowest BCUT2D eigenvalue weighted by Crippen LogP contribution is -2.29. The maximum Gasteiger partial charge on any atom is 0.347 e. The largest absolute Gasteiger partial charge is 0.471 e. The summed E-state index contributed by atoms with van der Waals surface area (Å²) in [5, 5.41) is 10.8. The van der Waals surface area contributed by atoms with Gasteiger partial charge in [-0.05, 0) is 19.4 Å². The van der Waals surface area contributed by atoms with Crippen molar-refractivity contribution in [3.8, 4) is 5.75 Å². The summed E-state index contributed by atoms with van der Waals surface area (Å²) in [4.78, 5) is 21.6. The summed E-state index contributed by atoms with van der Waals surface area (Å²) < 4.78 is 23.1. The normalized spacial score (nSPS) is 11.7. The van der Waals surface area contributed by atoms with Gasteiger partial charge in [0.15, 0.2) is 6.10 Å². The summed E-state index contributed by atoms with van der Waals surface area (Å²) in [5.41, 5.74) is -0.399. The Labute approximate surface area is 109 Å². The van der Waals surface area contributed by atoms with Crippen molar-refractivity contribution in [2.75, 3.05) is 6.61 Å². The standard InChI is InChI=1S/C12H14FNO5/c1-3-10(12(15)18-4-2)19-11-7-8(13)5-6-9(11)14(16)17/h5-7,10H,3-4H2,1-2H3. The van der Waals surface area contributed by atoms with Crippen LogP contribution in [0.25, 0.3) is 0 Å². The van der Waals surface area contributed by atoms with E-state index in [1.54, 1.807) is 13.8 Å². The van der Waals surface area contributed by atoms with Gasteiger partial charge < -0.3 is 9.47 Å². The Balaban J connectivity index is 2.99. The van der Waals surface area contributed by atoms with Gasteiger partial charge in [-0.2, -0.15) is 0 Å². The van der Waals surface area contributed by atoms with Crippen molar-refractivity contribution in [3.05, 3.63) is 34.1 Å². The number of rotatable bonds is 6. The molecule has 1 atom stereocenters. The molecule has 0 radical (unpaired) electrons. The number of hydrogen-bond acceptors (Lipinski definition) is 5. The number of hydrogen-bond donors (Lipinski definition) is 0. The number of ether oxygens (including phenoxy) is 2. The van der Waals surface area contributed by atoms with E-state index in [-0.39, 0.29) is 18.8 Å². The molecule has 1 aromatic rings. The molecule has 0 aromatic heterocycles. The topological polar surface area (TPSA) is 78.7 Å². The van der Waals surface area contributed by atoms with Gasteiger partial charge in [-0.1, -0.05) is 6.92 Å². The molecular weight excluding hydrogens is 257 g/mol. The number of carbonyl (C=O) groups is 1. The van der Waals surface area contributed by atoms with Crippen LogP contribution in [0.3, 0.4) is 0 Å². The average molecular weight is 271 g/mol. The highest BCUT2D eigenvalue weighted by Crippen LogP contribution is 2.29. The summed E-state index contributed by atoms with van der Waals surface area (Å²) in [7, 11) is 0. The molecule has 104 valence electrons. The molecule has 0 aliphatic rings. The number of esters is 1. The number of carbonyl (C=O) groups excluding carboxylic acids is 1. The zero-order valence-corrected chi connectivity index (χ0v) is 10.6. The fraction of sp³-hybridized carbons (Fsp3) is 0.417. The fourth-order valence-electron chi connectivity index (χ4n) is 1.42. The van der Waals surface area contributed by atoms with Gasteiger partial charge in [0.1, 0.15) is 5.82 Å². The van der Waals surface area contributed by atoms with Crippen molar-refractivity contribution in [1.82, 2.24) is 0 Å². The summed E-state index contributed by atoms with van der Waals surface area (Å²) in [6, 6.07) is 2.82. The molecule has 1 unspecified atom stereocenters. The molecule has 0 fully saturated rings. The van der Waals surface area contributed by atoms with Crippen molar-refractivity contribution in [3.63, 3.8) is 0 Å². The number of nitrogens with zero attached hydrogens (tertiary/aromatic N) is 1. The Morgan fingerprint density at radius 2 is 2.16 bits per heavy atom. The Hall–Kier alpha value is -2.18. The predicted octanol–water partition coefficient (Wildman–Crippen LogP) is 2.45. The van der Waals surface area contributed by atoms with Gasteiger partial charge in [0, 0.05) is 12.1 Å². The SMILES string of the molecule is CCOC(=O)C(CC)Oc1cc(F)ccc1[N+](=O)[O-]. The first-order valence-corrected chi connectivity index (χ1v) is 5.76. The van der Waals surface area contributed by atoms with Crippen molar-refractivity contribution in [2.45, 2.75) is 26.4 Å². The molecule has 0 saturated carbocycles. The molecule has 7 heteroatoms. The van der Waals surface area contributed by atoms with E-state index >= 15 is 0 Å². The van der Waals surface area contributed by atoms with Crippen molar-refractivity contribution >= 4 is 11.7 Å². The van der Waals surface area contributed by atoms with Gasteiger partial charge in [-0.25, -0.2) is 9.18 Å². The fourth-order valence-corrected chi connectivity index (χ4v) is 1.42. The van der Waals surface area contributed by atoms with Gasteiger partial charge in [-0.15, -0.1) is 0 Å². The zero-order valence-electron chi connectivity index (χ0n) is 10.6. The van der Waals surface area contributed by atoms with E-state index in [0.29, 0.717) is 0 Å². The molecule has 0 heterocycles. The van der Waals surface area contributed by atoms with Crippen LogP contribution in [-0.4, -0.2) is 23.6 Å². The maximum absolute atomic E-state index is 13.1. The minimum absolute atomic E-state index is 0.171. The minimum atomic E-state index is -1.000. The molecule has 0 N–H and O–H groups in total. The summed E-state index contributed by atoms with van der Waals surface area (Å²) in [6.07, 6.45) is -0.743. The Morgan fingerprint density at radius 3 is 2.68 bits per heavy atom. The molecule has 0 aliphatic heterocycles. The van der Waals surface area contributed by atoms with E-state index in [0.717, 1.165) is 18.2 Å². The monoisotopic (exact) mass is 271 g/mol. The van der Waals surface area contributed by atoms with Crippen LogP contribution in [0, 0.1) is 15.9 Å². The highest BCUT2D eigenvalue weighted by molar-refractivity contribution is 5.75. The molecule has 6 nitrogen and oxygen atoms in total. The van der Waals surface area contributed by atoms with Crippen molar-refractivity contribution < 1.29 is 23.6 Å². The van der Waals surface area contributed by atoms with E-state index < -0.39 is 28.5 Å². The smallest absolute Gasteiger partial charge is 0.347 e. The Morgan fingerprint density at radius 1 is 1.47 bits per heavy atom. The molecule has 1 rings (SSSR count). The predicted molar refractivity (Wildman–Crippen MR) is 64.4 cm³/mol. The second kappa shape index (κ2) is 6.67. The quantitative estimate of drug-likeness (QED) is 0.451. The first kappa shape index (κ1) is 14.9. The first-order chi connectivity index (χ1) is 8.99. The number of nitro groups is 1. The van der Waals surface area contributed by atoms with Crippen LogP contribution in [0.15, 0.2) is 18.2 Å². The van der Waals surface area contributed by atoms with Crippen LogP contribution < -0.4 is 4.74 Å². The molecule has 0 spiro atoms. The summed E-state index contributed by atoms with van der Waals surface area (Å²) in [6.45, 7) is 3.46. The third-order valence-electron chi connectivity index (χ3n) is 2.31. The summed E-state index contributed by atoms with van der Waals surface area (Å²) >= 11 is 0. The van der Waals surface area contributed by atoms with Crippen LogP contribution in [0.4, 0.5) is 10.1 Å². The first-order valence-electron chi connectivity index (χ1n) is 5.76. The van der Waals surface area contributed by atoms with Gasteiger partial charge in [-0.3, -0.25) is 10.1 Å². The second-order valence-corrected chi connectivity index (χ2v) is 3.64. The number of nitro benzene ring substituents is 1. The molecule has 0 amide bonds.